The molecule has 26 heavy (non-hydrogen) atoms. The Labute approximate surface area is 152 Å². The van der Waals surface area contributed by atoms with Crippen LogP contribution in [0.3, 0.4) is 0 Å². The molecule has 0 saturated heterocycles. The molecule has 2 rings (SSSR count). The van der Waals surface area contributed by atoms with Crippen LogP contribution < -0.4 is 20.1 Å². The number of benzene rings is 1. The van der Waals surface area contributed by atoms with Gasteiger partial charge in [0, 0.05) is 19.0 Å². The van der Waals surface area contributed by atoms with Gasteiger partial charge in [0.1, 0.15) is 11.5 Å². The predicted octanol–water partition coefficient (Wildman–Crippen LogP) is 3.23. The topological polar surface area (TPSA) is 89.8 Å². The van der Waals surface area contributed by atoms with Crippen LogP contribution in [-0.4, -0.2) is 31.6 Å². The zero-order chi connectivity index (χ0) is 18.8. The lowest BCUT2D eigenvalue weighted by molar-refractivity contribution is -0.116. The van der Waals surface area contributed by atoms with Gasteiger partial charge in [-0.15, -0.1) is 0 Å². The average molecular weight is 360 g/mol. The van der Waals surface area contributed by atoms with Gasteiger partial charge in [-0.05, 0) is 44.5 Å². The summed E-state index contributed by atoms with van der Waals surface area (Å²) < 4.78 is 16.0. The Kier molecular flexibility index (Phi) is 7.54. The Morgan fingerprint density at radius 1 is 1.12 bits per heavy atom. The maximum atomic E-state index is 12.2. The average Bonchev–Trinajstić information content (AvgIpc) is 3.16. The smallest absolute Gasteiger partial charge is 0.286 e. The van der Waals surface area contributed by atoms with E-state index in [1.807, 2.05) is 13.8 Å². The molecule has 1 aromatic carbocycles. The van der Waals surface area contributed by atoms with Crippen molar-refractivity contribution in [2.75, 3.05) is 25.1 Å². The maximum absolute atomic E-state index is 12.2. The zero-order valence-electron chi connectivity index (χ0n) is 15.0. The number of anilines is 1. The molecule has 140 valence electrons. The second-order valence-electron chi connectivity index (χ2n) is 5.41. The van der Waals surface area contributed by atoms with Crippen LogP contribution in [0.15, 0.2) is 41.0 Å². The molecule has 7 heteroatoms. The first-order chi connectivity index (χ1) is 12.6. The minimum absolute atomic E-state index is 0.160. The van der Waals surface area contributed by atoms with Crippen molar-refractivity contribution in [3.05, 3.63) is 42.4 Å². The number of nitrogens with one attached hydrogen (secondary N) is 2. The predicted molar refractivity (Wildman–Crippen MR) is 97.7 cm³/mol. The molecule has 7 nitrogen and oxygen atoms in total. The molecule has 0 radical (unpaired) electrons. The van der Waals surface area contributed by atoms with Crippen molar-refractivity contribution < 1.29 is 23.5 Å². The van der Waals surface area contributed by atoms with Crippen molar-refractivity contribution in [3.63, 3.8) is 0 Å². The molecule has 0 bridgehead atoms. The van der Waals surface area contributed by atoms with Crippen molar-refractivity contribution in [1.82, 2.24) is 5.32 Å². The van der Waals surface area contributed by atoms with Crippen molar-refractivity contribution in [2.45, 2.75) is 26.7 Å². The lowest BCUT2D eigenvalue weighted by Crippen LogP contribution is -2.25. The van der Waals surface area contributed by atoms with E-state index in [9.17, 15) is 9.59 Å². The third-order valence-corrected chi connectivity index (χ3v) is 3.45. The van der Waals surface area contributed by atoms with E-state index in [0.717, 1.165) is 0 Å². The number of ether oxygens (including phenoxy) is 2. The van der Waals surface area contributed by atoms with E-state index in [0.29, 0.717) is 43.4 Å². The summed E-state index contributed by atoms with van der Waals surface area (Å²) in [7, 11) is 0. The molecule has 0 saturated carbocycles. The third-order valence-electron chi connectivity index (χ3n) is 3.45. The molecule has 0 aliphatic rings. The lowest BCUT2D eigenvalue weighted by Gasteiger charge is -2.13. The molecule has 0 aliphatic heterocycles. The van der Waals surface area contributed by atoms with E-state index >= 15 is 0 Å². The van der Waals surface area contributed by atoms with Crippen molar-refractivity contribution in [1.29, 1.82) is 0 Å². The maximum Gasteiger partial charge on any atom is 0.286 e. The normalized spacial score (nSPS) is 10.2. The summed E-state index contributed by atoms with van der Waals surface area (Å²) in [5.41, 5.74) is 0.572. The standard InChI is InChI=1S/C19H24N2O5/c1-3-24-14-9-10-16(25-4-2)15(13-14)21-18(22)8-5-11-20-19(23)17-7-6-12-26-17/h6-7,9-10,12-13H,3-5,8,11H2,1-2H3,(H,20,23)(H,21,22). The van der Waals surface area contributed by atoms with E-state index in [1.54, 1.807) is 30.3 Å². The number of amides is 2. The fourth-order valence-corrected chi connectivity index (χ4v) is 2.30. The Bertz CT molecular complexity index is 713. The van der Waals surface area contributed by atoms with Gasteiger partial charge in [-0.1, -0.05) is 0 Å². The minimum atomic E-state index is -0.293. The first-order valence-corrected chi connectivity index (χ1v) is 8.65. The Morgan fingerprint density at radius 3 is 2.62 bits per heavy atom. The van der Waals surface area contributed by atoms with Crippen LogP contribution in [0.4, 0.5) is 5.69 Å². The van der Waals surface area contributed by atoms with Crippen LogP contribution in [-0.2, 0) is 4.79 Å². The van der Waals surface area contributed by atoms with Gasteiger partial charge in [-0.2, -0.15) is 0 Å². The highest BCUT2D eigenvalue weighted by Crippen LogP contribution is 2.29. The molecule has 2 N–H and O–H groups in total. The molecule has 0 spiro atoms. The van der Waals surface area contributed by atoms with E-state index < -0.39 is 0 Å². The largest absolute Gasteiger partial charge is 0.494 e. The minimum Gasteiger partial charge on any atom is -0.494 e. The van der Waals surface area contributed by atoms with E-state index in [2.05, 4.69) is 10.6 Å². The number of carbonyl (C=O) groups excluding carboxylic acids is 2. The molecule has 0 atom stereocenters. The Morgan fingerprint density at radius 2 is 1.92 bits per heavy atom. The van der Waals surface area contributed by atoms with Gasteiger partial charge >= 0.3 is 0 Å². The molecule has 0 unspecified atom stereocenters. The highest BCUT2D eigenvalue weighted by molar-refractivity contribution is 5.93. The van der Waals surface area contributed by atoms with Crippen LogP contribution in [0.2, 0.25) is 0 Å². The van der Waals surface area contributed by atoms with Gasteiger partial charge in [0.05, 0.1) is 25.2 Å². The van der Waals surface area contributed by atoms with E-state index in [4.69, 9.17) is 13.9 Å². The van der Waals surface area contributed by atoms with Gasteiger partial charge in [0.25, 0.3) is 5.91 Å². The van der Waals surface area contributed by atoms with Gasteiger partial charge in [-0.25, -0.2) is 0 Å². The Hall–Kier alpha value is -2.96. The van der Waals surface area contributed by atoms with E-state index in [1.165, 1.54) is 6.26 Å². The SMILES string of the molecule is CCOc1ccc(OCC)c(NC(=O)CCCNC(=O)c2ccco2)c1. The molecule has 1 aromatic heterocycles. The van der Waals surface area contributed by atoms with Crippen LogP contribution in [0.5, 0.6) is 11.5 Å². The van der Waals surface area contributed by atoms with Crippen molar-refractivity contribution >= 4 is 17.5 Å². The van der Waals surface area contributed by atoms with Crippen LogP contribution >= 0.6 is 0 Å². The fourth-order valence-electron chi connectivity index (χ4n) is 2.30. The van der Waals surface area contributed by atoms with E-state index in [-0.39, 0.29) is 24.0 Å². The van der Waals surface area contributed by atoms with Crippen LogP contribution in [0, 0.1) is 0 Å². The second-order valence-corrected chi connectivity index (χ2v) is 5.41. The first kappa shape index (κ1) is 19.4. The summed E-state index contributed by atoms with van der Waals surface area (Å²) in [6, 6.07) is 8.55. The van der Waals surface area contributed by atoms with Crippen LogP contribution in [0.25, 0.3) is 0 Å². The highest BCUT2D eigenvalue weighted by atomic mass is 16.5. The molecule has 0 fully saturated rings. The summed E-state index contributed by atoms with van der Waals surface area (Å²) in [6.07, 6.45) is 2.21. The molecule has 2 aromatic rings. The second kappa shape index (κ2) is 10.1. The van der Waals surface area contributed by atoms with Crippen molar-refractivity contribution in [2.24, 2.45) is 0 Å². The third kappa shape index (κ3) is 5.84. The van der Waals surface area contributed by atoms with Crippen LogP contribution in [0.1, 0.15) is 37.2 Å². The van der Waals surface area contributed by atoms with Gasteiger partial charge in [0.15, 0.2) is 5.76 Å². The monoisotopic (exact) mass is 360 g/mol. The fraction of sp³-hybridized carbons (Fsp3) is 0.368. The summed E-state index contributed by atoms with van der Waals surface area (Å²) in [5, 5.41) is 5.54. The van der Waals surface area contributed by atoms with Crippen molar-refractivity contribution in [3.8, 4) is 11.5 Å². The molecular formula is C19H24N2O5. The first-order valence-electron chi connectivity index (χ1n) is 8.65. The number of furan rings is 1. The summed E-state index contributed by atoms with van der Waals surface area (Å²) in [6.45, 7) is 5.19. The van der Waals surface area contributed by atoms with Gasteiger partial charge in [-0.3, -0.25) is 9.59 Å². The van der Waals surface area contributed by atoms with Gasteiger partial charge < -0.3 is 24.5 Å². The number of hydrogen-bond donors (Lipinski definition) is 2. The number of carbonyl (C=O) groups is 2. The lowest BCUT2D eigenvalue weighted by atomic mass is 10.2. The summed E-state index contributed by atoms with van der Waals surface area (Å²) in [4.78, 5) is 23.9. The molecule has 2 amide bonds. The molecule has 1 heterocycles. The number of rotatable bonds is 10. The molecule has 0 aliphatic carbocycles. The molecular weight excluding hydrogens is 336 g/mol. The quantitative estimate of drug-likeness (QED) is 0.635. The van der Waals surface area contributed by atoms with Gasteiger partial charge in [0.2, 0.25) is 5.91 Å². The summed E-state index contributed by atoms with van der Waals surface area (Å²) in [5.74, 6) is 1.06. The number of hydrogen-bond acceptors (Lipinski definition) is 5. The summed E-state index contributed by atoms with van der Waals surface area (Å²) >= 11 is 0. The highest BCUT2D eigenvalue weighted by Gasteiger charge is 2.11. The Balaban J connectivity index is 1.82. The zero-order valence-corrected chi connectivity index (χ0v) is 15.0.